The van der Waals surface area contributed by atoms with Gasteiger partial charge in [-0.1, -0.05) is 0 Å². The zero-order valence-corrected chi connectivity index (χ0v) is 10.9. The molecule has 0 spiro atoms. The molecule has 4 nitrogen and oxygen atoms in total. The highest BCUT2D eigenvalue weighted by atomic mass is 79.9. The number of carboxylic acid groups (broad SMARTS) is 1. The maximum absolute atomic E-state index is 12.0. The van der Waals surface area contributed by atoms with Gasteiger partial charge in [0.2, 0.25) is 0 Å². The van der Waals surface area contributed by atoms with Crippen molar-refractivity contribution in [2.45, 2.75) is 6.36 Å². The third-order valence-electron chi connectivity index (χ3n) is 1.74. The fourth-order valence-corrected chi connectivity index (χ4v) is 1.51. The molecule has 0 aromatic heterocycles. The van der Waals surface area contributed by atoms with Crippen molar-refractivity contribution in [3.8, 4) is 11.5 Å². The fraction of sp³-hybridized carbons (Fsp3) is 0.182. The van der Waals surface area contributed by atoms with Crippen LogP contribution >= 0.6 is 15.9 Å². The molecule has 0 aliphatic rings. The zero-order valence-electron chi connectivity index (χ0n) is 9.28. The molecule has 19 heavy (non-hydrogen) atoms. The smallest absolute Gasteiger partial charge is 0.489 e. The number of benzene rings is 1. The van der Waals surface area contributed by atoms with E-state index in [1.54, 1.807) is 0 Å². The summed E-state index contributed by atoms with van der Waals surface area (Å²) in [6, 6.07) is 3.66. The lowest BCUT2D eigenvalue weighted by molar-refractivity contribution is -0.274. The van der Waals surface area contributed by atoms with E-state index in [4.69, 9.17) is 9.84 Å². The maximum Gasteiger partial charge on any atom is 0.573 e. The minimum Gasteiger partial charge on any atom is -0.489 e. The van der Waals surface area contributed by atoms with E-state index in [2.05, 4.69) is 20.7 Å². The van der Waals surface area contributed by atoms with Crippen molar-refractivity contribution in [2.24, 2.45) is 0 Å². The molecule has 0 radical (unpaired) electrons. The van der Waals surface area contributed by atoms with Crippen molar-refractivity contribution >= 4 is 21.9 Å². The van der Waals surface area contributed by atoms with Crippen LogP contribution in [0.3, 0.4) is 0 Å². The third kappa shape index (κ3) is 6.14. The standard InChI is InChI=1S/C11H8BrF3O4/c12-8-6-7(18-5-1-2-10(16)17)3-4-9(8)19-11(13,14)15/h1-4,6H,5H2,(H,16,17)/b2-1+. The number of halogens is 4. The number of ether oxygens (including phenoxy) is 2. The lowest BCUT2D eigenvalue weighted by atomic mass is 10.3. The van der Waals surface area contributed by atoms with Gasteiger partial charge < -0.3 is 14.6 Å². The van der Waals surface area contributed by atoms with E-state index in [1.807, 2.05) is 0 Å². The Hall–Kier alpha value is -1.70. The van der Waals surface area contributed by atoms with Crippen LogP contribution < -0.4 is 9.47 Å². The molecule has 104 valence electrons. The predicted molar refractivity (Wildman–Crippen MR) is 63.1 cm³/mol. The summed E-state index contributed by atoms with van der Waals surface area (Å²) < 4.78 is 45.0. The van der Waals surface area contributed by atoms with Crippen LogP contribution in [0.25, 0.3) is 0 Å². The molecule has 0 saturated heterocycles. The van der Waals surface area contributed by atoms with Gasteiger partial charge in [0, 0.05) is 6.08 Å². The monoisotopic (exact) mass is 340 g/mol. The van der Waals surface area contributed by atoms with Crippen molar-refractivity contribution in [1.29, 1.82) is 0 Å². The highest BCUT2D eigenvalue weighted by Crippen LogP contribution is 2.33. The predicted octanol–water partition coefficient (Wildman–Crippen LogP) is 3.37. The number of alkyl halides is 3. The minimum absolute atomic E-state index is 0.0157. The Morgan fingerprint density at radius 2 is 2.11 bits per heavy atom. The Bertz CT molecular complexity index is 485. The average molecular weight is 341 g/mol. The number of rotatable bonds is 5. The summed E-state index contributed by atoms with van der Waals surface area (Å²) in [4.78, 5) is 10.2. The van der Waals surface area contributed by atoms with E-state index >= 15 is 0 Å². The first-order valence-electron chi connectivity index (χ1n) is 4.85. The summed E-state index contributed by atoms with van der Waals surface area (Å²) in [6.45, 7) is -0.0157. The zero-order chi connectivity index (χ0) is 14.5. The highest BCUT2D eigenvalue weighted by molar-refractivity contribution is 9.10. The molecule has 0 bridgehead atoms. The van der Waals surface area contributed by atoms with Crippen LogP contribution in [0.1, 0.15) is 0 Å². The summed E-state index contributed by atoms with van der Waals surface area (Å²) >= 11 is 2.91. The van der Waals surface area contributed by atoms with E-state index in [0.29, 0.717) is 0 Å². The summed E-state index contributed by atoms with van der Waals surface area (Å²) in [5.74, 6) is -1.23. The van der Waals surface area contributed by atoms with Gasteiger partial charge in [0.05, 0.1) is 4.47 Å². The first-order valence-corrected chi connectivity index (χ1v) is 5.65. The van der Waals surface area contributed by atoms with E-state index in [-0.39, 0.29) is 22.6 Å². The van der Waals surface area contributed by atoms with Crippen molar-refractivity contribution in [1.82, 2.24) is 0 Å². The number of hydrogen-bond donors (Lipinski definition) is 1. The van der Waals surface area contributed by atoms with Gasteiger partial charge in [-0.25, -0.2) is 4.79 Å². The Kier molecular flexibility index (Phi) is 5.22. The Morgan fingerprint density at radius 3 is 2.63 bits per heavy atom. The molecular weight excluding hydrogens is 333 g/mol. The van der Waals surface area contributed by atoms with Gasteiger partial charge in [0.15, 0.2) is 0 Å². The Morgan fingerprint density at radius 1 is 1.42 bits per heavy atom. The van der Waals surface area contributed by atoms with E-state index in [0.717, 1.165) is 12.1 Å². The van der Waals surface area contributed by atoms with Gasteiger partial charge in [-0.2, -0.15) is 0 Å². The molecule has 0 saturated carbocycles. The largest absolute Gasteiger partial charge is 0.573 e. The Labute approximate surface area is 114 Å². The second kappa shape index (κ2) is 6.46. The summed E-state index contributed by atoms with van der Waals surface area (Å²) in [5.41, 5.74) is 0. The molecule has 1 N–H and O–H groups in total. The molecule has 0 aliphatic carbocycles. The van der Waals surface area contributed by atoms with Crippen molar-refractivity contribution in [3.05, 3.63) is 34.8 Å². The molecule has 0 unspecified atom stereocenters. The highest BCUT2D eigenvalue weighted by Gasteiger charge is 2.31. The van der Waals surface area contributed by atoms with Gasteiger partial charge in [0.25, 0.3) is 0 Å². The molecule has 0 atom stereocenters. The molecule has 1 rings (SSSR count). The molecule has 0 heterocycles. The molecule has 0 aliphatic heterocycles. The van der Waals surface area contributed by atoms with E-state index in [1.165, 1.54) is 18.2 Å². The van der Waals surface area contributed by atoms with Gasteiger partial charge in [-0.05, 0) is 40.2 Å². The van der Waals surface area contributed by atoms with Crippen molar-refractivity contribution < 1.29 is 32.5 Å². The number of carbonyl (C=O) groups is 1. The minimum atomic E-state index is -4.77. The van der Waals surface area contributed by atoms with Gasteiger partial charge >= 0.3 is 12.3 Å². The fourth-order valence-electron chi connectivity index (χ4n) is 1.07. The second-order valence-corrected chi connectivity index (χ2v) is 4.05. The first-order chi connectivity index (χ1) is 8.78. The van der Waals surface area contributed by atoms with Crippen molar-refractivity contribution in [3.63, 3.8) is 0 Å². The number of aliphatic carboxylic acids is 1. The molecule has 8 heteroatoms. The normalized spacial score (nSPS) is 11.6. The van der Waals surface area contributed by atoms with Gasteiger partial charge in [-0.3, -0.25) is 0 Å². The average Bonchev–Trinajstić information content (AvgIpc) is 2.26. The second-order valence-electron chi connectivity index (χ2n) is 3.19. The maximum atomic E-state index is 12.0. The van der Waals surface area contributed by atoms with Crippen LogP contribution in [-0.2, 0) is 4.79 Å². The van der Waals surface area contributed by atoms with Crippen LogP contribution in [0.2, 0.25) is 0 Å². The first kappa shape index (κ1) is 15.4. The van der Waals surface area contributed by atoms with Crippen LogP contribution in [0.4, 0.5) is 13.2 Å². The molecule has 1 aromatic carbocycles. The van der Waals surface area contributed by atoms with E-state index in [9.17, 15) is 18.0 Å². The van der Waals surface area contributed by atoms with E-state index < -0.39 is 12.3 Å². The quantitative estimate of drug-likeness (QED) is 0.835. The van der Waals surface area contributed by atoms with Crippen LogP contribution in [-0.4, -0.2) is 24.0 Å². The summed E-state index contributed by atoms with van der Waals surface area (Å²) in [5, 5.41) is 8.33. The van der Waals surface area contributed by atoms with Gasteiger partial charge in [-0.15, -0.1) is 13.2 Å². The molecule has 1 aromatic rings. The summed E-state index contributed by atoms with van der Waals surface area (Å²) in [6.07, 6.45) is -2.61. The Balaban J connectivity index is 2.64. The topological polar surface area (TPSA) is 55.8 Å². The van der Waals surface area contributed by atoms with Gasteiger partial charge in [0.1, 0.15) is 18.1 Å². The number of hydrogen-bond acceptors (Lipinski definition) is 3. The summed E-state index contributed by atoms with van der Waals surface area (Å²) in [7, 11) is 0. The van der Waals surface area contributed by atoms with Crippen LogP contribution in [0.5, 0.6) is 11.5 Å². The number of carboxylic acids is 1. The molecular formula is C11H8BrF3O4. The third-order valence-corrected chi connectivity index (χ3v) is 2.36. The van der Waals surface area contributed by atoms with Crippen LogP contribution in [0, 0.1) is 0 Å². The van der Waals surface area contributed by atoms with Crippen molar-refractivity contribution in [2.75, 3.05) is 6.61 Å². The SMILES string of the molecule is O=C(O)/C=C/COc1ccc(OC(F)(F)F)c(Br)c1. The lowest BCUT2D eigenvalue weighted by Crippen LogP contribution is -2.17. The van der Waals surface area contributed by atoms with Crippen LogP contribution in [0.15, 0.2) is 34.8 Å². The molecule has 0 fully saturated rings. The molecule has 0 amide bonds. The lowest BCUT2D eigenvalue weighted by Gasteiger charge is -2.11.